The molecule has 0 aromatic heterocycles. The average Bonchev–Trinajstić information content (AvgIpc) is 3.13. The van der Waals surface area contributed by atoms with Gasteiger partial charge in [-0.1, -0.05) is 29.5 Å². The Morgan fingerprint density at radius 3 is 2.54 bits per heavy atom. The standard InChI is InChI=1S/C18H14F2N4O2/c1-10-4-2-3-5-11(10)9-23-16-15(21-22-23)17(25)24(18(16)26)12-6-7-13(19)14(20)8-12/h2-8,15-16H,9H2,1H3. The number of imide groups is 1. The maximum Gasteiger partial charge on any atom is 0.263 e. The van der Waals surface area contributed by atoms with E-state index in [2.05, 4.69) is 10.3 Å². The molecule has 0 spiro atoms. The monoisotopic (exact) mass is 356 g/mol. The van der Waals surface area contributed by atoms with E-state index in [1.807, 2.05) is 31.2 Å². The zero-order valence-electron chi connectivity index (χ0n) is 13.8. The summed E-state index contributed by atoms with van der Waals surface area (Å²) in [4.78, 5) is 26.2. The van der Waals surface area contributed by atoms with Gasteiger partial charge in [0, 0.05) is 6.07 Å². The Balaban J connectivity index is 1.63. The number of nitrogens with zero attached hydrogens (tertiary/aromatic N) is 4. The van der Waals surface area contributed by atoms with Gasteiger partial charge >= 0.3 is 0 Å². The van der Waals surface area contributed by atoms with E-state index in [0.29, 0.717) is 6.54 Å². The van der Waals surface area contributed by atoms with Crippen LogP contribution in [0.25, 0.3) is 0 Å². The van der Waals surface area contributed by atoms with Crippen molar-refractivity contribution >= 4 is 17.5 Å². The average molecular weight is 356 g/mol. The number of hydrogen-bond donors (Lipinski definition) is 0. The number of benzene rings is 2. The maximum atomic E-state index is 13.5. The first-order chi connectivity index (χ1) is 12.5. The Labute approximate surface area is 147 Å². The maximum absolute atomic E-state index is 13.5. The van der Waals surface area contributed by atoms with Crippen molar-refractivity contribution in [1.29, 1.82) is 0 Å². The van der Waals surface area contributed by atoms with E-state index < -0.39 is 35.5 Å². The SMILES string of the molecule is Cc1ccccc1CN1N=NC2C(=O)N(c3ccc(F)c(F)c3)C(=O)C21. The van der Waals surface area contributed by atoms with E-state index in [9.17, 15) is 18.4 Å². The fourth-order valence-corrected chi connectivity index (χ4v) is 3.19. The smallest absolute Gasteiger partial charge is 0.263 e. The number of amides is 2. The normalized spacial score (nSPS) is 21.7. The van der Waals surface area contributed by atoms with E-state index in [1.54, 1.807) is 0 Å². The highest BCUT2D eigenvalue weighted by atomic mass is 19.2. The van der Waals surface area contributed by atoms with Crippen molar-refractivity contribution in [2.75, 3.05) is 4.90 Å². The van der Waals surface area contributed by atoms with Crippen molar-refractivity contribution in [3.63, 3.8) is 0 Å². The Hall–Kier alpha value is -3.16. The summed E-state index contributed by atoms with van der Waals surface area (Å²) in [5, 5.41) is 9.36. The second-order valence-electron chi connectivity index (χ2n) is 6.23. The van der Waals surface area contributed by atoms with Gasteiger partial charge in [0.05, 0.1) is 12.2 Å². The van der Waals surface area contributed by atoms with Crippen LogP contribution >= 0.6 is 0 Å². The van der Waals surface area contributed by atoms with Crippen molar-refractivity contribution in [1.82, 2.24) is 5.01 Å². The third-order valence-electron chi connectivity index (χ3n) is 4.61. The minimum absolute atomic E-state index is 0.0145. The number of aryl methyl sites for hydroxylation is 1. The van der Waals surface area contributed by atoms with E-state index in [-0.39, 0.29) is 5.69 Å². The lowest BCUT2D eigenvalue weighted by Gasteiger charge is -2.21. The first kappa shape index (κ1) is 16.3. The molecule has 6 nitrogen and oxygen atoms in total. The van der Waals surface area contributed by atoms with Crippen LogP contribution in [0, 0.1) is 18.6 Å². The van der Waals surface area contributed by atoms with Crippen molar-refractivity contribution in [3.8, 4) is 0 Å². The van der Waals surface area contributed by atoms with E-state index >= 15 is 0 Å². The van der Waals surface area contributed by atoms with Gasteiger partial charge in [-0.3, -0.25) is 14.6 Å². The molecule has 2 atom stereocenters. The minimum atomic E-state index is -1.13. The molecule has 2 aromatic carbocycles. The summed E-state index contributed by atoms with van der Waals surface area (Å²) in [6, 6.07) is 8.68. The number of halogens is 2. The van der Waals surface area contributed by atoms with Crippen LogP contribution in [0.5, 0.6) is 0 Å². The van der Waals surface area contributed by atoms with Crippen molar-refractivity contribution in [3.05, 3.63) is 65.2 Å². The first-order valence-corrected chi connectivity index (χ1v) is 8.02. The molecule has 0 aliphatic carbocycles. The second kappa shape index (κ2) is 5.98. The van der Waals surface area contributed by atoms with Gasteiger partial charge in [0.1, 0.15) is 0 Å². The molecule has 0 radical (unpaired) electrons. The van der Waals surface area contributed by atoms with Crippen LogP contribution in [0.15, 0.2) is 52.8 Å². The minimum Gasteiger partial charge on any atom is -0.271 e. The molecule has 2 aliphatic heterocycles. The van der Waals surface area contributed by atoms with Gasteiger partial charge in [-0.2, -0.15) is 5.11 Å². The molecular formula is C18H14F2N4O2. The molecule has 0 N–H and O–H groups in total. The summed E-state index contributed by atoms with van der Waals surface area (Å²) in [6.45, 7) is 2.26. The van der Waals surface area contributed by atoms with Crippen LogP contribution in [0.1, 0.15) is 11.1 Å². The van der Waals surface area contributed by atoms with Gasteiger partial charge < -0.3 is 0 Å². The summed E-state index contributed by atoms with van der Waals surface area (Å²) in [5.41, 5.74) is 1.97. The van der Waals surface area contributed by atoms with Gasteiger partial charge in [0.25, 0.3) is 11.8 Å². The molecule has 0 bridgehead atoms. The van der Waals surface area contributed by atoms with E-state index in [1.165, 1.54) is 11.1 Å². The summed E-state index contributed by atoms with van der Waals surface area (Å²) in [5.74, 6) is -3.32. The molecule has 4 rings (SSSR count). The molecule has 26 heavy (non-hydrogen) atoms. The molecule has 2 aliphatic rings. The quantitative estimate of drug-likeness (QED) is 0.795. The van der Waals surface area contributed by atoms with Crippen LogP contribution in [0.4, 0.5) is 14.5 Å². The zero-order chi connectivity index (χ0) is 18.4. The van der Waals surface area contributed by atoms with Gasteiger partial charge in [-0.15, -0.1) is 0 Å². The molecule has 1 fully saturated rings. The molecule has 8 heteroatoms. The molecule has 2 heterocycles. The van der Waals surface area contributed by atoms with Gasteiger partial charge in [-0.25, -0.2) is 13.7 Å². The highest BCUT2D eigenvalue weighted by Crippen LogP contribution is 2.33. The molecule has 2 amide bonds. The number of rotatable bonds is 3. The summed E-state index contributed by atoms with van der Waals surface area (Å²) in [7, 11) is 0. The third kappa shape index (κ3) is 2.45. The highest BCUT2D eigenvalue weighted by molar-refractivity contribution is 6.25. The van der Waals surface area contributed by atoms with Crippen molar-refractivity contribution < 1.29 is 18.4 Å². The lowest BCUT2D eigenvalue weighted by atomic mass is 10.1. The molecule has 2 aromatic rings. The van der Waals surface area contributed by atoms with Gasteiger partial charge in [0.15, 0.2) is 23.7 Å². The highest BCUT2D eigenvalue weighted by Gasteiger charge is 2.54. The van der Waals surface area contributed by atoms with Crippen LogP contribution in [-0.4, -0.2) is 28.9 Å². The molecule has 132 valence electrons. The first-order valence-electron chi connectivity index (χ1n) is 8.02. The van der Waals surface area contributed by atoms with Gasteiger partial charge in [0.2, 0.25) is 0 Å². The van der Waals surface area contributed by atoms with Gasteiger partial charge in [-0.05, 0) is 30.2 Å². The predicted molar refractivity (Wildman–Crippen MR) is 88.0 cm³/mol. The van der Waals surface area contributed by atoms with Crippen LogP contribution in [0.3, 0.4) is 0 Å². The largest absolute Gasteiger partial charge is 0.271 e. The lowest BCUT2D eigenvalue weighted by Crippen LogP contribution is -2.39. The molecule has 1 saturated heterocycles. The Morgan fingerprint density at radius 2 is 1.81 bits per heavy atom. The van der Waals surface area contributed by atoms with E-state index in [0.717, 1.165) is 28.2 Å². The number of hydrogen-bond acceptors (Lipinski definition) is 5. The lowest BCUT2D eigenvalue weighted by molar-refractivity contribution is -0.123. The zero-order valence-corrected chi connectivity index (χ0v) is 13.8. The summed E-state index contributed by atoms with van der Waals surface area (Å²) in [6.07, 6.45) is 0. The second-order valence-corrected chi connectivity index (χ2v) is 6.23. The summed E-state index contributed by atoms with van der Waals surface area (Å²) >= 11 is 0. The van der Waals surface area contributed by atoms with Crippen molar-refractivity contribution in [2.45, 2.75) is 25.6 Å². The molecule has 2 unspecified atom stereocenters. The van der Waals surface area contributed by atoms with Crippen molar-refractivity contribution in [2.24, 2.45) is 10.3 Å². The Bertz CT molecular complexity index is 947. The Kier molecular flexibility index (Phi) is 3.75. The van der Waals surface area contributed by atoms with Crippen LogP contribution < -0.4 is 4.90 Å². The number of carbonyl (C=O) groups excluding carboxylic acids is 2. The predicted octanol–water partition coefficient (Wildman–Crippen LogP) is 2.77. The third-order valence-corrected chi connectivity index (χ3v) is 4.61. The van der Waals surface area contributed by atoms with E-state index in [4.69, 9.17) is 0 Å². The number of fused-ring (bicyclic) bond motifs is 1. The van der Waals surface area contributed by atoms with Crippen LogP contribution in [-0.2, 0) is 16.1 Å². The topological polar surface area (TPSA) is 65.3 Å². The number of anilines is 1. The Morgan fingerprint density at radius 1 is 1.04 bits per heavy atom. The summed E-state index contributed by atoms with van der Waals surface area (Å²) < 4.78 is 26.7. The number of carbonyl (C=O) groups is 2. The molecular weight excluding hydrogens is 342 g/mol. The van der Waals surface area contributed by atoms with Crippen LogP contribution in [0.2, 0.25) is 0 Å². The fraction of sp³-hybridized carbons (Fsp3) is 0.222. The molecule has 0 saturated carbocycles. The fourth-order valence-electron chi connectivity index (χ4n) is 3.19.